The Labute approximate surface area is 111 Å². The van der Waals surface area contributed by atoms with Crippen LogP contribution >= 0.6 is 0 Å². The molecule has 96 valence electrons. The molecule has 0 aliphatic carbocycles. The number of amides is 1. The van der Waals surface area contributed by atoms with Gasteiger partial charge in [-0.05, 0) is 26.0 Å². The summed E-state index contributed by atoms with van der Waals surface area (Å²) in [6.07, 6.45) is 1.93. The van der Waals surface area contributed by atoms with E-state index in [0.717, 1.165) is 28.2 Å². The van der Waals surface area contributed by atoms with Crippen LogP contribution in [0.3, 0.4) is 0 Å². The fourth-order valence-electron chi connectivity index (χ4n) is 2.43. The van der Waals surface area contributed by atoms with Crippen LogP contribution in [0.4, 0.5) is 5.69 Å². The molecule has 3 rings (SSSR count). The SMILES string of the molecule is Cc1nn(C)c(C)c1/C=C1\C(=O)Nc2ccccc21. The van der Waals surface area contributed by atoms with E-state index in [9.17, 15) is 4.79 Å². The number of nitrogens with zero attached hydrogens (tertiary/aromatic N) is 2. The van der Waals surface area contributed by atoms with Gasteiger partial charge in [0, 0.05) is 35.1 Å². The molecule has 19 heavy (non-hydrogen) atoms. The second-order valence-corrected chi connectivity index (χ2v) is 4.77. The lowest BCUT2D eigenvalue weighted by molar-refractivity contribution is -0.110. The first-order valence-electron chi connectivity index (χ1n) is 6.20. The van der Waals surface area contributed by atoms with E-state index in [1.807, 2.05) is 55.9 Å². The number of nitrogens with one attached hydrogen (secondary N) is 1. The van der Waals surface area contributed by atoms with Gasteiger partial charge in [0.05, 0.1) is 5.69 Å². The van der Waals surface area contributed by atoms with Gasteiger partial charge in [0.15, 0.2) is 0 Å². The lowest BCUT2D eigenvalue weighted by Crippen LogP contribution is -2.03. The summed E-state index contributed by atoms with van der Waals surface area (Å²) in [7, 11) is 1.91. The van der Waals surface area contributed by atoms with Crippen molar-refractivity contribution in [2.75, 3.05) is 5.32 Å². The number of benzene rings is 1. The summed E-state index contributed by atoms with van der Waals surface area (Å²) in [4.78, 5) is 12.1. The molecule has 0 saturated heterocycles. The van der Waals surface area contributed by atoms with Crippen LogP contribution in [0.15, 0.2) is 24.3 Å². The normalized spacial score (nSPS) is 15.7. The zero-order valence-electron chi connectivity index (χ0n) is 11.2. The lowest BCUT2D eigenvalue weighted by atomic mass is 10.0. The molecule has 0 bridgehead atoms. The van der Waals surface area contributed by atoms with E-state index in [-0.39, 0.29) is 5.91 Å². The summed E-state index contributed by atoms with van der Waals surface area (Å²) in [5, 5.41) is 7.25. The van der Waals surface area contributed by atoms with Gasteiger partial charge in [-0.3, -0.25) is 9.48 Å². The molecule has 0 atom stereocenters. The molecule has 1 aromatic heterocycles. The van der Waals surface area contributed by atoms with Crippen LogP contribution in [0.1, 0.15) is 22.5 Å². The maximum absolute atomic E-state index is 12.1. The summed E-state index contributed by atoms with van der Waals surface area (Å²) in [6, 6.07) is 7.73. The summed E-state index contributed by atoms with van der Waals surface area (Å²) >= 11 is 0. The first-order chi connectivity index (χ1) is 9.08. The van der Waals surface area contributed by atoms with E-state index in [2.05, 4.69) is 10.4 Å². The highest BCUT2D eigenvalue weighted by Crippen LogP contribution is 2.33. The highest BCUT2D eigenvalue weighted by molar-refractivity contribution is 6.34. The summed E-state index contributed by atoms with van der Waals surface area (Å²) < 4.78 is 1.83. The fourth-order valence-corrected chi connectivity index (χ4v) is 2.43. The molecule has 4 nitrogen and oxygen atoms in total. The number of carbonyl (C=O) groups is 1. The number of hydrogen-bond donors (Lipinski definition) is 1. The van der Waals surface area contributed by atoms with Gasteiger partial charge in [-0.2, -0.15) is 5.10 Å². The van der Waals surface area contributed by atoms with Gasteiger partial charge in [-0.25, -0.2) is 0 Å². The van der Waals surface area contributed by atoms with Crippen LogP contribution < -0.4 is 5.32 Å². The van der Waals surface area contributed by atoms with Crippen LogP contribution in [-0.2, 0) is 11.8 Å². The zero-order chi connectivity index (χ0) is 13.6. The minimum Gasteiger partial charge on any atom is -0.321 e. The van der Waals surface area contributed by atoms with E-state index in [4.69, 9.17) is 0 Å². The number of aromatic nitrogens is 2. The number of carbonyl (C=O) groups excluding carboxylic acids is 1. The van der Waals surface area contributed by atoms with Crippen molar-refractivity contribution in [3.05, 3.63) is 46.8 Å². The van der Waals surface area contributed by atoms with Crippen molar-refractivity contribution in [3.8, 4) is 0 Å². The quantitative estimate of drug-likeness (QED) is 0.794. The van der Waals surface area contributed by atoms with Crippen molar-refractivity contribution < 1.29 is 4.79 Å². The molecule has 1 aliphatic heterocycles. The Morgan fingerprint density at radius 3 is 2.68 bits per heavy atom. The van der Waals surface area contributed by atoms with Gasteiger partial charge < -0.3 is 5.32 Å². The molecule has 1 aromatic carbocycles. The van der Waals surface area contributed by atoms with Crippen LogP contribution in [0.5, 0.6) is 0 Å². The monoisotopic (exact) mass is 253 g/mol. The maximum atomic E-state index is 12.1. The van der Waals surface area contributed by atoms with Gasteiger partial charge in [0.1, 0.15) is 0 Å². The highest BCUT2D eigenvalue weighted by Gasteiger charge is 2.24. The first-order valence-corrected chi connectivity index (χ1v) is 6.20. The van der Waals surface area contributed by atoms with E-state index >= 15 is 0 Å². The van der Waals surface area contributed by atoms with Crippen molar-refractivity contribution in [1.29, 1.82) is 0 Å². The second-order valence-electron chi connectivity index (χ2n) is 4.77. The van der Waals surface area contributed by atoms with Crippen LogP contribution in [0.2, 0.25) is 0 Å². The molecule has 4 heteroatoms. The third kappa shape index (κ3) is 1.76. The number of fused-ring (bicyclic) bond motifs is 1. The molecule has 0 fully saturated rings. The Hall–Kier alpha value is -2.36. The van der Waals surface area contributed by atoms with E-state index < -0.39 is 0 Å². The topological polar surface area (TPSA) is 46.9 Å². The average Bonchev–Trinajstić information content (AvgIpc) is 2.82. The molecule has 2 aromatic rings. The molecule has 1 N–H and O–H groups in total. The number of hydrogen-bond acceptors (Lipinski definition) is 2. The standard InChI is InChI=1S/C15H15N3O/c1-9-12(10(2)18(3)17-9)8-13-11-6-4-5-7-14(11)16-15(13)19/h4-8H,1-3H3,(H,16,19)/b13-8-. The summed E-state index contributed by atoms with van der Waals surface area (Å²) in [5.41, 5.74) is 5.54. The Balaban J connectivity index is 2.17. The Morgan fingerprint density at radius 1 is 1.26 bits per heavy atom. The molecular formula is C15H15N3O. The molecule has 1 aliphatic rings. The van der Waals surface area contributed by atoms with Crippen LogP contribution in [0.25, 0.3) is 11.6 Å². The van der Waals surface area contributed by atoms with Crippen molar-refractivity contribution in [1.82, 2.24) is 9.78 Å². The number of para-hydroxylation sites is 1. The Bertz CT molecular complexity index is 710. The van der Waals surface area contributed by atoms with Gasteiger partial charge in [-0.1, -0.05) is 18.2 Å². The highest BCUT2D eigenvalue weighted by atomic mass is 16.2. The molecule has 0 unspecified atom stereocenters. The van der Waals surface area contributed by atoms with Crippen molar-refractivity contribution in [2.24, 2.45) is 7.05 Å². The fraction of sp³-hybridized carbons (Fsp3) is 0.200. The lowest BCUT2D eigenvalue weighted by Gasteiger charge is -1.99. The van der Waals surface area contributed by atoms with Crippen LogP contribution in [-0.4, -0.2) is 15.7 Å². The minimum atomic E-state index is -0.0520. The predicted octanol–water partition coefficient (Wildman–Crippen LogP) is 2.53. The third-order valence-electron chi connectivity index (χ3n) is 3.56. The molecular weight excluding hydrogens is 238 g/mol. The van der Waals surface area contributed by atoms with Crippen molar-refractivity contribution in [3.63, 3.8) is 0 Å². The number of rotatable bonds is 1. The third-order valence-corrected chi connectivity index (χ3v) is 3.56. The molecule has 2 heterocycles. The van der Waals surface area contributed by atoms with Gasteiger partial charge >= 0.3 is 0 Å². The molecule has 1 amide bonds. The largest absolute Gasteiger partial charge is 0.321 e. The molecule has 0 radical (unpaired) electrons. The van der Waals surface area contributed by atoms with E-state index in [1.54, 1.807) is 0 Å². The second kappa shape index (κ2) is 4.09. The van der Waals surface area contributed by atoms with E-state index in [0.29, 0.717) is 5.57 Å². The van der Waals surface area contributed by atoms with E-state index in [1.165, 1.54) is 0 Å². The molecule has 0 saturated carbocycles. The van der Waals surface area contributed by atoms with Gasteiger partial charge in [0.2, 0.25) is 0 Å². The maximum Gasteiger partial charge on any atom is 0.256 e. The first kappa shape index (κ1) is 11.7. The van der Waals surface area contributed by atoms with Gasteiger partial charge in [0.25, 0.3) is 5.91 Å². The number of aryl methyl sites for hydroxylation is 2. The van der Waals surface area contributed by atoms with Crippen LogP contribution in [0, 0.1) is 13.8 Å². The zero-order valence-corrected chi connectivity index (χ0v) is 11.2. The van der Waals surface area contributed by atoms with Crippen molar-refractivity contribution in [2.45, 2.75) is 13.8 Å². The molecule has 0 spiro atoms. The summed E-state index contributed by atoms with van der Waals surface area (Å²) in [5.74, 6) is -0.0520. The predicted molar refractivity (Wildman–Crippen MR) is 75.6 cm³/mol. The smallest absolute Gasteiger partial charge is 0.256 e. The van der Waals surface area contributed by atoms with Gasteiger partial charge in [-0.15, -0.1) is 0 Å². The summed E-state index contributed by atoms with van der Waals surface area (Å²) in [6.45, 7) is 3.96. The Morgan fingerprint density at radius 2 is 2.00 bits per heavy atom. The average molecular weight is 253 g/mol. The van der Waals surface area contributed by atoms with Crippen molar-refractivity contribution >= 4 is 23.2 Å². The minimum absolute atomic E-state index is 0.0520. The number of anilines is 1. The Kier molecular flexibility index (Phi) is 2.52.